The van der Waals surface area contributed by atoms with E-state index in [-0.39, 0.29) is 16.5 Å². The van der Waals surface area contributed by atoms with Crippen molar-refractivity contribution < 1.29 is 22.7 Å². The summed E-state index contributed by atoms with van der Waals surface area (Å²) in [6, 6.07) is 2.02. The Morgan fingerprint density at radius 1 is 1.45 bits per heavy atom. The fourth-order valence-electron chi connectivity index (χ4n) is 2.50. The average Bonchev–Trinajstić information content (AvgIpc) is 3.00. The van der Waals surface area contributed by atoms with Gasteiger partial charge in [-0.1, -0.05) is 6.07 Å². The first kappa shape index (κ1) is 16.9. The normalized spacial score (nSPS) is 22.4. The van der Waals surface area contributed by atoms with Crippen LogP contribution >= 0.6 is 11.3 Å². The molecule has 1 amide bonds. The van der Waals surface area contributed by atoms with Gasteiger partial charge >= 0.3 is 5.97 Å². The molecule has 0 saturated carbocycles. The van der Waals surface area contributed by atoms with Crippen molar-refractivity contribution in [3.8, 4) is 0 Å². The van der Waals surface area contributed by atoms with Crippen molar-refractivity contribution in [3.63, 3.8) is 0 Å². The van der Waals surface area contributed by atoms with Crippen molar-refractivity contribution in [1.82, 2.24) is 9.62 Å². The maximum Gasteiger partial charge on any atom is 0.328 e. The van der Waals surface area contributed by atoms with Crippen molar-refractivity contribution >= 4 is 33.2 Å². The van der Waals surface area contributed by atoms with Gasteiger partial charge in [0.15, 0.2) is 0 Å². The summed E-state index contributed by atoms with van der Waals surface area (Å²) >= 11 is 1.13. The van der Waals surface area contributed by atoms with E-state index in [0.29, 0.717) is 13.0 Å². The van der Waals surface area contributed by atoms with Gasteiger partial charge in [-0.2, -0.15) is 0 Å². The Balaban J connectivity index is 2.11. The lowest BCUT2D eigenvalue weighted by atomic mass is 9.98. The molecule has 0 spiro atoms. The van der Waals surface area contributed by atoms with E-state index >= 15 is 0 Å². The number of amides is 1. The molecule has 0 aromatic carbocycles. The number of carbonyl (C=O) groups is 2. The second-order valence-corrected chi connectivity index (χ2v) is 7.91. The van der Waals surface area contributed by atoms with Gasteiger partial charge in [-0.3, -0.25) is 4.79 Å². The Kier molecular flexibility index (Phi) is 5.20. The van der Waals surface area contributed by atoms with E-state index in [0.717, 1.165) is 11.3 Å². The second-order valence-electron chi connectivity index (χ2n) is 5.03. The number of rotatable bonds is 4. The first-order valence-electron chi connectivity index (χ1n) is 6.76. The lowest BCUT2D eigenvalue weighted by molar-refractivity contribution is -0.154. The van der Waals surface area contributed by atoms with Crippen LogP contribution in [-0.2, 0) is 24.3 Å². The number of hydrogen-bond donors (Lipinski definition) is 1. The molecule has 1 N–H and O–H groups in total. The summed E-state index contributed by atoms with van der Waals surface area (Å²) in [6.45, 7) is 1.69. The number of likely N-dealkylation sites (tertiary alicyclic amines) is 1. The van der Waals surface area contributed by atoms with Gasteiger partial charge < -0.3 is 9.64 Å². The highest BCUT2D eigenvalue weighted by atomic mass is 32.2. The molecular weight excluding hydrogens is 328 g/mol. The van der Waals surface area contributed by atoms with Crippen LogP contribution in [0.2, 0.25) is 0 Å². The van der Waals surface area contributed by atoms with Crippen molar-refractivity contribution in [2.24, 2.45) is 0 Å². The molecule has 2 heterocycles. The third-order valence-electron chi connectivity index (χ3n) is 3.56. The molecule has 1 saturated heterocycles. The third-order valence-corrected chi connectivity index (χ3v) is 6.48. The smallest absolute Gasteiger partial charge is 0.328 e. The zero-order valence-electron chi connectivity index (χ0n) is 12.3. The molecule has 22 heavy (non-hydrogen) atoms. The van der Waals surface area contributed by atoms with Gasteiger partial charge in [-0.25, -0.2) is 17.9 Å². The predicted octanol–water partition coefficient (Wildman–Crippen LogP) is 0.579. The van der Waals surface area contributed by atoms with Crippen LogP contribution in [0, 0.1) is 0 Å². The van der Waals surface area contributed by atoms with E-state index in [9.17, 15) is 18.0 Å². The maximum atomic E-state index is 12.2. The van der Waals surface area contributed by atoms with Crippen LogP contribution in [0.1, 0.15) is 19.8 Å². The Hall–Kier alpha value is -1.45. The number of nitrogens with zero attached hydrogens (tertiary/aromatic N) is 1. The maximum absolute atomic E-state index is 12.2. The Labute approximate surface area is 133 Å². The topological polar surface area (TPSA) is 92.8 Å². The Morgan fingerprint density at radius 2 is 2.18 bits per heavy atom. The summed E-state index contributed by atoms with van der Waals surface area (Å²) in [4.78, 5) is 24.8. The Bertz CT molecular complexity index is 641. The third kappa shape index (κ3) is 3.65. The van der Waals surface area contributed by atoms with Gasteiger partial charge in [-0.15, -0.1) is 11.3 Å². The molecule has 9 heteroatoms. The summed E-state index contributed by atoms with van der Waals surface area (Å²) in [5.41, 5.74) is 0. The summed E-state index contributed by atoms with van der Waals surface area (Å²) in [6.07, 6.45) is 0.661. The summed E-state index contributed by atoms with van der Waals surface area (Å²) in [5.74, 6) is -0.759. The minimum absolute atomic E-state index is 0.205. The zero-order chi connectivity index (χ0) is 16.3. The number of hydrogen-bond acceptors (Lipinski definition) is 6. The van der Waals surface area contributed by atoms with Crippen LogP contribution in [0.25, 0.3) is 0 Å². The Morgan fingerprint density at radius 3 is 2.73 bits per heavy atom. The molecular formula is C13H18N2O5S2. The number of nitrogens with one attached hydrogen (secondary N) is 1. The minimum atomic E-state index is -3.60. The van der Waals surface area contributed by atoms with E-state index in [1.54, 1.807) is 11.4 Å². The first-order chi connectivity index (χ1) is 10.3. The molecule has 7 nitrogen and oxygen atoms in total. The van der Waals surface area contributed by atoms with Gasteiger partial charge in [0.1, 0.15) is 10.3 Å². The molecule has 1 aliphatic heterocycles. The highest BCUT2D eigenvalue weighted by Crippen LogP contribution is 2.22. The largest absolute Gasteiger partial charge is 0.467 e. The molecule has 2 unspecified atom stereocenters. The van der Waals surface area contributed by atoms with Crippen molar-refractivity contribution in [2.75, 3.05) is 13.7 Å². The molecule has 0 radical (unpaired) electrons. The fourth-order valence-corrected chi connectivity index (χ4v) is 4.80. The highest BCUT2D eigenvalue weighted by Gasteiger charge is 2.37. The lowest BCUT2D eigenvalue weighted by Crippen LogP contribution is -2.54. The van der Waals surface area contributed by atoms with Crippen LogP contribution in [0.4, 0.5) is 0 Å². The van der Waals surface area contributed by atoms with E-state index in [1.165, 1.54) is 25.0 Å². The lowest BCUT2D eigenvalue weighted by Gasteiger charge is -2.37. The number of esters is 1. The van der Waals surface area contributed by atoms with Crippen LogP contribution in [-0.4, -0.2) is 50.9 Å². The standard InChI is InChI=1S/C13H18N2O5S2/c1-9(16)15-6-5-10(8-11(15)13(17)20-2)14-22(18,19)12-4-3-7-21-12/h3-4,7,10-11,14H,5-6,8H2,1-2H3. The van der Waals surface area contributed by atoms with Gasteiger partial charge in [0.05, 0.1) is 7.11 Å². The first-order valence-corrected chi connectivity index (χ1v) is 9.12. The molecule has 1 aliphatic rings. The van der Waals surface area contributed by atoms with Gasteiger partial charge in [-0.05, 0) is 24.3 Å². The van der Waals surface area contributed by atoms with E-state index < -0.39 is 28.1 Å². The van der Waals surface area contributed by atoms with Crippen molar-refractivity contribution in [2.45, 2.75) is 36.1 Å². The number of thiophene rings is 1. The number of piperidine rings is 1. The molecule has 1 aromatic heterocycles. The fraction of sp³-hybridized carbons (Fsp3) is 0.538. The van der Waals surface area contributed by atoms with Crippen LogP contribution < -0.4 is 4.72 Å². The zero-order valence-corrected chi connectivity index (χ0v) is 13.9. The van der Waals surface area contributed by atoms with Gasteiger partial charge in [0.2, 0.25) is 15.9 Å². The van der Waals surface area contributed by atoms with E-state index in [1.807, 2.05) is 0 Å². The van der Waals surface area contributed by atoms with Gasteiger partial charge in [0, 0.05) is 19.5 Å². The van der Waals surface area contributed by atoms with Crippen LogP contribution in [0.5, 0.6) is 0 Å². The SMILES string of the molecule is COC(=O)C1CC(NS(=O)(=O)c2cccs2)CCN1C(C)=O. The van der Waals surface area contributed by atoms with Crippen LogP contribution in [0.3, 0.4) is 0 Å². The summed E-state index contributed by atoms with van der Waals surface area (Å²) in [5, 5.41) is 1.68. The molecule has 2 atom stereocenters. The number of ether oxygens (including phenoxy) is 1. The molecule has 1 fully saturated rings. The summed E-state index contributed by atoms with van der Waals surface area (Å²) < 4.78 is 32.0. The molecule has 0 aliphatic carbocycles. The van der Waals surface area contributed by atoms with E-state index in [4.69, 9.17) is 4.74 Å². The van der Waals surface area contributed by atoms with Crippen LogP contribution in [0.15, 0.2) is 21.7 Å². The monoisotopic (exact) mass is 346 g/mol. The highest BCUT2D eigenvalue weighted by molar-refractivity contribution is 7.91. The number of methoxy groups -OCH3 is 1. The number of sulfonamides is 1. The molecule has 2 rings (SSSR count). The van der Waals surface area contributed by atoms with E-state index in [2.05, 4.69) is 4.72 Å². The quantitative estimate of drug-likeness (QED) is 0.805. The van der Waals surface area contributed by atoms with Crippen molar-refractivity contribution in [3.05, 3.63) is 17.5 Å². The van der Waals surface area contributed by atoms with Crippen molar-refractivity contribution in [1.29, 1.82) is 0 Å². The molecule has 122 valence electrons. The minimum Gasteiger partial charge on any atom is -0.467 e. The second kappa shape index (κ2) is 6.76. The average molecular weight is 346 g/mol. The van der Waals surface area contributed by atoms with Gasteiger partial charge in [0.25, 0.3) is 0 Å². The summed E-state index contributed by atoms with van der Waals surface area (Å²) in [7, 11) is -2.35. The molecule has 0 bridgehead atoms. The molecule has 1 aromatic rings. The predicted molar refractivity (Wildman–Crippen MR) is 80.9 cm³/mol. The number of carbonyl (C=O) groups excluding carboxylic acids is 2.